The number of carbonyl (C=O) groups is 1. The molecule has 0 aromatic heterocycles. The van der Waals surface area contributed by atoms with Gasteiger partial charge in [0.2, 0.25) is 0 Å². The summed E-state index contributed by atoms with van der Waals surface area (Å²) < 4.78 is 5.04. The van der Waals surface area contributed by atoms with Crippen LogP contribution in [0.1, 0.15) is 24.9 Å². The predicted molar refractivity (Wildman–Crippen MR) is 96.9 cm³/mol. The zero-order valence-corrected chi connectivity index (χ0v) is 13.8. The van der Waals surface area contributed by atoms with Crippen LogP contribution in [0.5, 0.6) is 0 Å². The van der Waals surface area contributed by atoms with Gasteiger partial charge >= 0.3 is 5.97 Å². The Hall–Kier alpha value is -2.10. The number of hydrogen-bond donors (Lipinski definition) is 1. The summed E-state index contributed by atoms with van der Waals surface area (Å²) in [4.78, 5) is 11.8. The molecule has 0 saturated heterocycles. The van der Waals surface area contributed by atoms with E-state index in [1.165, 1.54) is 0 Å². The Morgan fingerprint density at radius 2 is 1.57 bits per heavy atom. The van der Waals surface area contributed by atoms with Gasteiger partial charge in [0.25, 0.3) is 0 Å². The molecular formula is C19H20ClNO2. The van der Waals surface area contributed by atoms with Crippen LogP contribution in [0, 0.1) is 0 Å². The van der Waals surface area contributed by atoms with E-state index in [1.54, 1.807) is 6.92 Å². The van der Waals surface area contributed by atoms with Gasteiger partial charge in [-0.05, 0) is 40.1 Å². The minimum atomic E-state index is -0.380. The van der Waals surface area contributed by atoms with Crippen molar-refractivity contribution >= 4 is 39.9 Å². The quantitative estimate of drug-likeness (QED) is 0.571. The third-order valence-corrected chi connectivity index (χ3v) is 3.88. The maximum absolute atomic E-state index is 11.8. The monoisotopic (exact) mass is 329 g/mol. The molecule has 0 amide bonds. The normalized spacial score (nSPS) is 11.9. The van der Waals surface area contributed by atoms with Gasteiger partial charge in [-0.25, -0.2) is 0 Å². The first-order chi connectivity index (χ1) is 10.7. The Balaban J connectivity index is 0.00000192. The number of ether oxygens (including phenoxy) is 1. The summed E-state index contributed by atoms with van der Waals surface area (Å²) in [7, 11) is 0. The Morgan fingerprint density at radius 3 is 2.09 bits per heavy atom. The molecule has 4 heteroatoms. The van der Waals surface area contributed by atoms with Gasteiger partial charge in [-0.3, -0.25) is 4.79 Å². The molecule has 0 aliphatic rings. The van der Waals surface area contributed by atoms with Crippen LogP contribution in [0.3, 0.4) is 0 Å². The van der Waals surface area contributed by atoms with Crippen molar-refractivity contribution in [3.63, 3.8) is 0 Å². The molecule has 120 valence electrons. The zero-order chi connectivity index (χ0) is 15.5. The van der Waals surface area contributed by atoms with Crippen molar-refractivity contribution in [2.24, 2.45) is 5.73 Å². The largest absolute Gasteiger partial charge is 0.466 e. The fourth-order valence-electron chi connectivity index (χ4n) is 2.95. The molecule has 0 saturated carbocycles. The highest BCUT2D eigenvalue weighted by Gasteiger charge is 2.18. The van der Waals surface area contributed by atoms with Gasteiger partial charge in [0.1, 0.15) is 0 Å². The molecule has 0 aliphatic heterocycles. The lowest BCUT2D eigenvalue weighted by atomic mass is 9.91. The summed E-state index contributed by atoms with van der Waals surface area (Å²) in [6.07, 6.45) is 0.186. The topological polar surface area (TPSA) is 52.3 Å². The van der Waals surface area contributed by atoms with E-state index in [2.05, 4.69) is 30.3 Å². The van der Waals surface area contributed by atoms with E-state index in [0.717, 1.165) is 27.1 Å². The second-order valence-corrected chi connectivity index (χ2v) is 5.35. The summed E-state index contributed by atoms with van der Waals surface area (Å²) in [5.74, 6) is -0.257. The highest BCUT2D eigenvalue weighted by Crippen LogP contribution is 2.33. The van der Waals surface area contributed by atoms with Crippen molar-refractivity contribution in [2.75, 3.05) is 6.61 Å². The molecule has 3 nitrogen and oxygen atoms in total. The third-order valence-electron chi connectivity index (χ3n) is 3.88. The number of hydrogen-bond acceptors (Lipinski definition) is 3. The smallest absolute Gasteiger partial charge is 0.307 e. The summed E-state index contributed by atoms with van der Waals surface area (Å²) in [5.41, 5.74) is 7.37. The maximum atomic E-state index is 11.8. The minimum absolute atomic E-state index is 0. The highest BCUT2D eigenvalue weighted by atomic mass is 35.5. The predicted octanol–water partition coefficient (Wildman–Crippen LogP) is 4.37. The van der Waals surface area contributed by atoms with Crippen LogP contribution in [0.15, 0.2) is 54.6 Å². The van der Waals surface area contributed by atoms with Crippen LogP contribution in [0.25, 0.3) is 21.5 Å². The molecule has 23 heavy (non-hydrogen) atoms. The Labute approximate surface area is 141 Å². The van der Waals surface area contributed by atoms with Crippen molar-refractivity contribution in [3.8, 4) is 0 Å². The molecule has 0 radical (unpaired) electrons. The first-order valence-electron chi connectivity index (χ1n) is 7.52. The summed E-state index contributed by atoms with van der Waals surface area (Å²) in [6, 6.07) is 18.1. The van der Waals surface area contributed by atoms with Gasteiger partial charge in [0, 0.05) is 6.04 Å². The molecule has 0 aliphatic carbocycles. The van der Waals surface area contributed by atoms with Crippen LogP contribution in [-0.4, -0.2) is 12.6 Å². The average molecular weight is 330 g/mol. The fraction of sp³-hybridized carbons (Fsp3) is 0.211. The lowest BCUT2D eigenvalue weighted by Crippen LogP contribution is -2.18. The van der Waals surface area contributed by atoms with Crippen molar-refractivity contribution in [2.45, 2.75) is 19.4 Å². The summed E-state index contributed by atoms with van der Waals surface area (Å²) >= 11 is 0. The van der Waals surface area contributed by atoms with E-state index in [4.69, 9.17) is 10.5 Å². The van der Waals surface area contributed by atoms with E-state index in [0.29, 0.717) is 6.61 Å². The molecule has 0 spiro atoms. The number of nitrogens with two attached hydrogens (primary N) is 1. The molecule has 0 bridgehead atoms. The average Bonchev–Trinajstić information content (AvgIpc) is 2.52. The van der Waals surface area contributed by atoms with Crippen LogP contribution in [0.2, 0.25) is 0 Å². The summed E-state index contributed by atoms with van der Waals surface area (Å²) in [6.45, 7) is 2.18. The molecule has 2 N–H and O–H groups in total. The summed E-state index contributed by atoms with van der Waals surface area (Å²) in [5, 5.41) is 4.46. The first kappa shape index (κ1) is 17.3. The molecule has 0 heterocycles. The van der Waals surface area contributed by atoms with Crippen molar-refractivity contribution < 1.29 is 9.53 Å². The van der Waals surface area contributed by atoms with E-state index < -0.39 is 0 Å². The standard InChI is InChI=1S/C19H19NO2.ClH/c1-2-22-18(21)12-17(20)19-15-9-5-3-7-13(15)11-14-8-4-6-10-16(14)19;/h3-11,17H,2,12,20H2,1H3;1H/t17-;/m1./s1. The van der Waals surface area contributed by atoms with Gasteiger partial charge in [-0.15, -0.1) is 12.4 Å². The zero-order valence-electron chi connectivity index (χ0n) is 13.0. The lowest BCUT2D eigenvalue weighted by molar-refractivity contribution is -0.143. The van der Waals surface area contributed by atoms with Crippen LogP contribution in [-0.2, 0) is 9.53 Å². The molecular weight excluding hydrogens is 310 g/mol. The number of halogens is 1. The van der Waals surface area contributed by atoms with E-state index in [1.807, 2.05) is 24.3 Å². The molecule has 0 fully saturated rings. The number of rotatable bonds is 4. The van der Waals surface area contributed by atoms with Gasteiger partial charge in [0.15, 0.2) is 0 Å². The second-order valence-electron chi connectivity index (χ2n) is 5.35. The lowest BCUT2D eigenvalue weighted by Gasteiger charge is -2.17. The van der Waals surface area contributed by atoms with Crippen molar-refractivity contribution in [3.05, 3.63) is 60.2 Å². The van der Waals surface area contributed by atoms with E-state index in [-0.39, 0.29) is 30.8 Å². The van der Waals surface area contributed by atoms with E-state index in [9.17, 15) is 4.79 Å². The highest BCUT2D eigenvalue weighted by molar-refractivity contribution is 6.02. The molecule has 3 aromatic carbocycles. The van der Waals surface area contributed by atoms with Crippen molar-refractivity contribution in [1.82, 2.24) is 0 Å². The van der Waals surface area contributed by atoms with Gasteiger partial charge in [-0.1, -0.05) is 48.5 Å². The van der Waals surface area contributed by atoms with Crippen LogP contribution in [0.4, 0.5) is 0 Å². The van der Waals surface area contributed by atoms with Gasteiger partial charge < -0.3 is 10.5 Å². The number of carbonyl (C=O) groups excluding carboxylic acids is 1. The number of benzene rings is 3. The Kier molecular flexibility index (Phi) is 5.59. The number of esters is 1. The molecule has 0 unspecified atom stereocenters. The van der Waals surface area contributed by atoms with Crippen LogP contribution < -0.4 is 5.73 Å². The number of fused-ring (bicyclic) bond motifs is 2. The molecule has 3 aromatic rings. The van der Waals surface area contributed by atoms with Crippen molar-refractivity contribution in [1.29, 1.82) is 0 Å². The minimum Gasteiger partial charge on any atom is -0.466 e. The Morgan fingerprint density at radius 1 is 1.04 bits per heavy atom. The third kappa shape index (κ3) is 3.46. The fourth-order valence-corrected chi connectivity index (χ4v) is 2.95. The Bertz CT molecular complexity index is 778. The maximum Gasteiger partial charge on any atom is 0.307 e. The molecule has 3 rings (SSSR count). The molecule has 1 atom stereocenters. The van der Waals surface area contributed by atoms with E-state index >= 15 is 0 Å². The SMILES string of the molecule is CCOC(=O)C[C@@H](N)c1c2ccccc2cc2ccccc12.Cl. The second kappa shape index (κ2) is 7.44. The van der Waals surface area contributed by atoms with Gasteiger partial charge in [0.05, 0.1) is 13.0 Å². The van der Waals surface area contributed by atoms with Crippen LogP contribution >= 0.6 is 12.4 Å². The van der Waals surface area contributed by atoms with Gasteiger partial charge in [-0.2, -0.15) is 0 Å². The first-order valence-corrected chi connectivity index (χ1v) is 7.52.